The van der Waals surface area contributed by atoms with Gasteiger partial charge in [0.05, 0.1) is 0 Å². The van der Waals surface area contributed by atoms with Crippen molar-refractivity contribution in [3.05, 3.63) is 77.2 Å². The van der Waals surface area contributed by atoms with Gasteiger partial charge in [-0.1, -0.05) is 68.9 Å². The van der Waals surface area contributed by atoms with Crippen molar-refractivity contribution in [2.45, 2.75) is 82.3 Å². The molecule has 0 saturated heterocycles. The second-order valence-electron chi connectivity index (χ2n) is 10.9. The molecule has 224 valence electrons. The van der Waals surface area contributed by atoms with E-state index in [1.54, 1.807) is 30.3 Å². The lowest BCUT2D eigenvalue weighted by Gasteiger charge is -2.36. The number of rotatable bonds is 9. The highest BCUT2D eigenvalue weighted by Crippen LogP contribution is 2.25. The van der Waals surface area contributed by atoms with Crippen LogP contribution in [0.3, 0.4) is 0 Å². The maximum Gasteiger partial charge on any atom is 0.324 e. The molecule has 0 radical (unpaired) electrons. The Bertz CT molecular complexity index is 1260. The molecule has 2 aliphatic rings. The van der Waals surface area contributed by atoms with E-state index in [-0.39, 0.29) is 23.5 Å². The van der Waals surface area contributed by atoms with Crippen molar-refractivity contribution in [3.63, 3.8) is 0 Å². The highest BCUT2D eigenvalue weighted by atomic mass is 32.1. The number of nitrogens with one attached hydrogen (secondary N) is 3. The van der Waals surface area contributed by atoms with Gasteiger partial charge in [-0.3, -0.25) is 19.3 Å². The third-order valence-corrected chi connectivity index (χ3v) is 8.19. The topological polar surface area (TPSA) is 108 Å². The highest BCUT2D eigenvalue weighted by molar-refractivity contribution is 7.80. The van der Waals surface area contributed by atoms with Crippen molar-refractivity contribution in [2.75, 3.05) is 5.75 Å². The summed E-state index contributed by atoms with van der Waals surface area (Å²) in [5.41, 5.74) is 0.672. The van der Waals surface area contributed by atoms with E-state index in [0.717, 1.165) is 51.4 Å². The molecule has 2 aromatic rings. The van der Waals surface area contributed by atoms with E-state index in [2.05, 4.69) is 28.6 Å². The van der Waals surface area contributed by atoms with Gasteiger partial charge in [-0.25, -0.2) is 9.18 Å². The van der Waals surface area contributed by atoms with Crippen LogP contribution in [-0.2, 0) is 9.59 Å². The molecule has 1 unspecified atom stereocenters. The summed E-state index contributed by atoms with van der Waals surface area (Å²) in [6, 6.07) is 12.0. The molecule has 42 heavy (non-hydrogen) atoms. The number of thiol groups is 1. The van der Waals surface area contributed by atoms with Crippen molar-refractivity contribution in [1.82, 2.24) is 20.9 Å². The second-order valence-corrected chi connectivity index (χ2v) is 11.3. The molecule has 2 aromatic carbocycles. The molecular formula is C32H39FN4O4S. The van der Waals surface area contributed by atoms with Crippen LogP contribution in [0.15, 0.2) is 60.3 Å². The Hall–Kier alpha value is -3.66. The standard InChI is InChI=1S/C32H39FN4O4S/c33-24-18-16-22(17-19-24)20-27(35-29(38)23-10-4-1-5-11-23)30(39)36-28(21-42)31(40)37(26-14-8-3-9-15-26)32(41)34-25-12-6-2-7-13-25/h1,4-5,10-11,16-20,25-26,28,42H,2-3,6-9,12-15,21H2,(H,34,41)(H,35,38)(H,36,39)/b27-20+. The number of halogens is 1. The minimum Gasteiger partial charge on any atom is -0.338 e. The zero-order valence-corrected chi connectivity index (χ0v) is 24.6. The van der Waals surface area contributed by atoms with Crippen LogP contribution in [0.2, 0.25) is 0 Å². The molecule has 0 heterocycles. The number of nitrogens with zero attached hydrogens (tertiary/aromatic N) is 1. The number of amides is 5. The number of carbonyl (C=O) groups excluding carboxylic acids is 4. The fourth-order valence-electron chi connectivity index (χ4n) is 5.53. The SMILES string of the molecule is O=C(NC(CS)C(=O)N(C(=O)NC1CCCCC1)C1CCCCC1)/C(=C\c1ccc(F)cc1)NC(=O)c1ccccc1. The van der Waals surface area contributed by atoms with Gasteiger partial charge < -0.3 is 16.0 Å². The highest BCUT2D eigenvalue weighted by Gasteiger charge is 2.36. The number of urea groups is 1. The first-order valence-corrected chi connectivity index (χ1v) is 15.4. The number of imide groups is 1. The first-order valence-electron chi connectivity index (χ1n) is 14.7. The smallest absolute Gasteiger partial charge is 0.324 e. The molecule has 0 aromatic heterocycles. The average molecular weight is 595 g/mol. The summed E-state index contributed by atoms with van der Waals surface area (Å²) in [6.45, 7) is 0. The van der Waals surface area contributed by atoms with Crippen LogP contribution < -0.4 is 16.0 Å². The zero-order valence-electron chi connectivity index (χ0n) is 23.7. The molecule has 2 saturated carbocycles. The van der Waals surface area contributed by atoms with Gasteiger partial charge in [-0.2, -0.15) is 12.6 Å². The molecule has 0 aliphatic heterocycles. The van der Waals surface area contributed by atoms with E-state index in [0.29, 0.717) is 24.0 Å². The van der Waals surface area contributed by atoms with Crippen molar-refractivity contribution in [1.29, 1.82) is 0 Å². The molecule has 8 nitrogen and oxygen atoms in total. The Labute approximate surface area is 251 Å². The molecule has 4 rings (SSSR count). The van der Waals surface area contributed by atoms with Crippen molar-refractivity contribution in [3.8, 4) is 0 Å². The van der Waals surface area contributed by atoms with E-state index < -0.39 is 35.6 Å². The van der Waals surface area contributed by atoms with Gasteiger partial charge in [-0.05, 0) is 61.6 Å². The molecule has 2 fully saturated rings. The van der Waals surface area contributed by atoms with Crippen molar-refractivity contribution < 1.29 is 23.6 Å². The number of hydrogen-bond acceptors (Lipinski definition) is 5. The van der Waals surface area contributed by atoms with E-state index in [1.165, 1.54) is 35.2 Å². The van der Waals surface area contributed by atoms with Gasteiger partial charge in [0.25, 0.3) is 17.7 Å². The fourth-order valence-corrected chi connectivity index (χ4v) is 5.78. The Morgan fingerprint density at radius 3 is 2.12 bits per heavy atom. The molecule has 1 atom stereocenters. The minimum absolute atomic E-state index is 0.0210. The van der Waals surface area contributed by atoms with Gasteiger partial charge in [-0.15, -0.1) is 0 Å². The van der Waals surface area contributed by atoms with Crippen molar-refractivity contribution >= 4 is 42.5 Å². The average Bonchev–Trinajstić information content (AvgIpc) is 3.02. The van der Waals surface area contributed by atoms with Crippen molar-refractivity contribution in [2.24, 2.45) is 0 Å². The molecular weight excluding hydrogens is 555 g/mol. The normalized spacial score (nSPS) is 17.1. The first-order chi connectivity index (χ1) is 20.4. The van der Waals surface area contributed by atoms with Gasteiger partial charge >= 0.3 is 6.03 Å². The Morgan fingerprint density at radius 2 is 1.50 bits per heavy atom. The fraction of sp³-hybridized carbons (Fsp3) is 0.438. The summed E-state index contributed by atoms with van der Waals surface area (Å²) in [5, 5.41) is 8.37. The molecule has 10 heteroatoms. The van der Waals surface area contributed by atoms with Gasteiger partial charge in [0.1, 0.15) is 17.6 Å². The number of carbonyl (C=O) groups is 4. The van der Waals surface area contributed by atoms with Crippen LogP contribution >= 0.6 is 12.6 Å². The predicted molar refractivity (Wildman–Crippen MR) is 163 cm³/mol. The lowest BCUT2D eigenvalue weighted by Crippen LogP contribution is -2.59. The number of benzene rings is 2. The first kappa shape index (κ1) is 31.3. The van der Waals surface area contributed by atoms with Crippen LogP contribution in [0.25, 0.3) is 6.08 Å². The molecule has 0 spiro atoms. The van der Waals surface area contributed by atoms with E-state index in [4.69, 9.17) is 0 Å². The molecule has 3 N–H and O–H groups in total. The summed E-state index contributed by atoms with van der Waals surface area (Å²) in [4.78, 5) is 55.2. The summed E-state index contributed by atoms with van der Waals surface area (Å²) in [5.74, 6) is -2.28. The summed E-state index contributed by atoms with van der Waals surface area (Å²) >= 11 is 4.35. The van der Waals surface area contributed by atoms with Crippen LogP contribution in [0, 0.1) is 5.82 Å². The Morgan fingerprint density at radius 1 is 0.881 bits per heavy atom. The monoisotopic (exact) mass is 594 g/mol. The predicted octanol–water partition coefficient (Wildman–Crippen LogP) is 5.21. The zero-order chi connectivity index (χ0) is 29.9. The number of hydrogen-bond donors (Lipinski definition) is 4. The van der Waals surface area contributed by atoms with E-state index >= 15 is 0 Å². The van der Waals surface area contributed by atoms with Gasteiger partial charge in [0, 0.05) is 23.4 Å². The van der Waals surface area contributed by atoms with E-state index in [1.807, 2.05) is 0 Å². The quantitative estimate of drug-likeness (QED) is 0.236. The lowest BCUT2D eigenvalue weighted by atomic mass is 9.93. The third-order valence-electron chi connectivity index (χ3n) is 7.82. The Kier molecular flexibility index (Phi) is 11.6. The van der Waals surface area contributed by atoms with Crippen LogP contribution in [0.1, 0.15) is 80.1 Å². The minimum atomic E-state index is -1.12. The van der Waals surface area contributed by atoms with Crippen LogP contribution in [0.5, 0.6) is 0 Å². The van der Waals surface area contributed by atoms with Gasteiger partial charge in [0.2, 0.25) is 0 Å². The van der Waals surface area contributed by atoms with Crippen LogP contribution in [-0.4, -0.2) is 52.5 Å². The third kappa shape index (κ3) is 8.67. The molecule has 0 bridgehead atoms. The molecule has 2 aliphatic carbocycles. The maximum atomic E-state index is 13.9. The van der Waals surface area contributed by atoms with E-state index in [9.17, 15) is 23.6 Å². The summed E-state index contributed by atoms with van der Waals surface area (Å²) in [6.07, 6.45) is 10.7. The second kappa shape index (κ2) is 15.5. The Balaban J connectivity index is 1.55. The summed E-state index contributed by atoms with van der Waals surface area (Å²) < 4.78 is 13.5. The summed E-state index contributed by atoms with van der Waals surface area (Å²) in [7, 11) is 0. The molecule has 5 amide bonds. The van der Waals surface area contributed by atoms with Crippen LogP contribution in [0.4, 0.5) is 9.18 Å². The maximum absolute atomic E-state index is 13.9. The largest absolute Gasteiger partial charge is 0.338 e. The lowest BCUT2D eigenvalue weighted by molar-refractivity contribution is -0.134. The van der Waals surface area contributed by atoms with Gasteiger partial charge in [0.15, 0.2) is 0 Å².